The summed E-state index contributed by atoms with van der Waals surface area (Å²) in [6.45, 7) is 1.52. The summed E-state index contributed by atoms with van der Waals surface area (Å²) >= 11 is 3.55. The molecule has 122 valence electrons. The molecule has 2 rings (SSSR count). The van der Waals surface area contributed by atoms with Crippen LogP contribution in [-0.4, -0.2) is 19.0 Å². The van der Waals surface area contributed by atoms with Crippen molar-refractivity contribution in [2.45, 2.75) is 56.8 Å². The standard InChI is InChI=1S/C18H27BrN2O/c19-16-8-5-7-15(13-16)18(10-6-11-18)14-21-17(22)9-3-1-2-4-12-20/h5,7-8,13H,1-4,6,9-12,14,20H2,(H,21,22). The number of hydrogen-bond acceptors (Lipinski definition) is 2. The first-order chi connectivity index (χ1) is 10.7. The van der Waals surface area contributed by atoms with Crippen LogP contribution in [0.1, 0.15) is 56.9 Å². The first-order valence-electron chi connectivity index (χ1n) is 8.39. The van der Waals surface area contributed by atoms with Gasteiger partial charge in [-0.1, -0.05) is 47.3 Å². The second kappa shape index (κ2) is 8.68. The minimum atomic E-state index is 0.152. The number of hydrogen-bond donors (Lipinski definition) is 2. The zero-order chi connectivity index (χ0) is 15.8. The Balaban J connectivity index is 1.78. The number of carbonyl (C=O) groups excluding carboxylic acids is 1. The lowest BCUT2D eigenvalue weighted by atomic mass is 9.64. The third-order valence-electron chi connectivity index (χ3n) is 4.73. The fourth-order valence-electron chi connectivity index (χ4n) is 3.13. The number of amides is 1. The maximum Gasteiger partial charge on any atom is 0.220 e. The molecule has 1 saturated carbocycles. The summed E-state index contributed by atoms with van der Waals surface area (Å²) in [7, 11) is 0. The molecule has 1 fully saturated rings. The van der Waals surface area contributed by atoms with Gasteiger partial charge in [-0.15, -0.1) is 0 Å². The third kappa shape index (κ3) is 4.82. The molecule has 0 aliphatic heterocycles. The number of benzene rings is 1. The summed E-state index contributed by atoms with van der Waals surface area (Å²) in [5.74, 6) is 0.189. The molecule has 1 amide bonds. The highest BCUT2D eigenvalue weighted by atomic mass is 79.9. The van der Waals surface area contributed by atoms with Crippen LogP contribution >= 0.6 is 15.9 Å². The maximum atomic E-state index is 12.0. The SMILES string of the molecule is NCCCCCCC(=O)NCC1(c2cccc(Br)c2)CCC1. The Morgan fingerprint density at radius 3 is 2.64 bits per heavy atom. The Hall–Kier alpha value is -0.870. The van der Waals surface area contributed by atoms with Crippen molar-refractivity contribution in [3.05, 3.63) is 34.3 Å². The summed E-state index contributed by atoms with van der Waals surface area (Å²) in [4.78, 5) is 12.0. The van der Waals surface area contributed by atoms with Gasteiger partial charge in [0.05, 0.1) is 0 Å². The lowest BCUT2D eigenvalue weighted by Crippen LogP contribution is -2.45. The molecule has 0 radical (unpaired) electrons. The molecule has 0 unspecified atom stereocenters. The highest BCUT2D eigenvalue weighted by molar-refractivity contribution is 9.10. The van der Waals surface area contributed by atoms with Crippen molar-refractivity contribution in [1.29, 1.82) is 0 Å². The van der Waals surface area contributed by atoms with Gasteiger partial charge in [0.25, 0.3) is 0 Å². The van der Waals surface area contributed by atoms with Crippen molar-refractivity contribution in [2.75, 3.05) is 13.1 Å². The van der Waals surface area contributed by atoms with Crippen molar-refractivity contribution in [3.63, 3.8) is 0 Å². The summed E-state index contributed by atoms with van der Waals surface area (Å²) in [6, 6.07) is 8.51. The fraction of sp³-hybridized carbons (Fsp3) is 0.611. The Morgan fingerprint density at radius 1 is 1.23 bits per heavy atom. The Kier molecular flexibility index (Phi) is 6.90. The van der Waals surface area contributed by atoms with Crippen molar-refractivity contribution in [1.82, 2.24) is 5.32 Å². The van der Waals surface area contributed by atoms with Crippen LogP contribution in [0, 0.1) is 0 Å². The van der Waals surface area contributed by atoms with Crippen molar-refractivity contribution >= 4 is 21.8 Å². The molecule has 4 heteroatoms. The van der Waals surface area contributed by atoms with E-state index in [2.05, 4.69) is 45.5 Å². The van der Waals surface area contributed by atoms with Gasteiger partial charge in [-0.3, -0.25) is 4.79 Å². The van der Waals surface area contributed by atoms with Crippen LogP contribution < -0.4 is 11.1 Å². The van der Waals surface area contributed by atoms with Crippen LogP contribution in [0.15, 0.2) is 28.7 Å². The van der Waals surface area contributed by atoms with Gasteiger partial charge in [0.15, 0.2) is 0 Å². The van der Waals surface area contributed by atoms with E-state index in [4.69, 9.17) is 5.73 Å². The summed E-state index contributed by atoms with van der Waals surface area (Å²) < 4.78 is 1.11. The van der Waals surface area contributed by atoms with Crippen LogP contribution in [0.5, 0.6) is 0 Å². The molecule has 0 heterocycles. The van der Waals surface area contributed by atoms with Gasteiger partial charge in [0.1, 0.15) is 0 Å². The third-order valence-corrected chi connectivity index (χ3v) is 5.22. The average molecular weight is 367 g/mol. The molecule has 0 spiro atoms. The van der Waals surface area contributed by atoms with E-state index < -0.39 is 0 Å². The van der Waals surface area contributed by atoms with Gasteiger partial charge in [-0.05, 0) is 49.9 Å². The van der Waals surface area contributed by atoms with Crippen LogP contribution in [0.4, 0.5) is 0 Å². The Morgan fingerprint density at radius 2 is 2.00 bits per heavy atom. The lowest BCUT2D eigenvalue weighted by molar-refractivity contribution is -0.121. The molecule has 1 aromatic rings. The van der Waals surface area contributed by atoms with Crippen LogP contribution in [0.3, 0.4) is 0 Å². The van der Waals surface area contributed by atoms with Gasteiger partial charge in [0.2, 0.25) is 5.91 Å². The summed E-state index contributed by atoms with van der Waals surface area (Å²) in [5, 5.41) is 3.16. The minimum absolute atomic E-state index is 0.152. The summed E-state index contributed by atoms with van der Waals surface area (Å²) in [5.41, 5.74) is 6.97. The molecule has 1 aliphatic rings. The van der Waals surface area contributed by atoms with E-state index in [0.717, 1.165) is 43.2 Å². The quantitative estimate of drug-likeness (QED) is 0.651. The molecule has 3 nitrogen and oxygen atoms in total. The van der Waals surface area contributed by atoms with Gasteiger partial charge < -0.3 is 11.1 Å². The van der Waals surface area contributed by atoms with Gasteiger partial charge in [-0.2, -0.15) is 0 Å². The van der Waals surface area contributed by atoms with Crippen LogP contribution in [0.25, 0.3) is 0 Å². The Bertz CT molecular complexity index is 486. The van der Waals surface area contributed by atoms with Crippen molar-refractivity contribution in [3.8, 4) is 0 Å². The molecule has 0 aromatic heterocycles. The predicted octanol–water partition coefficient (Wildman–Crippen LogP) is 3.90. The monoisotopic (exact) mass is 366 g/mol. The van der Waals surface area contributed by atoms with Gasteiger partial charge in [-0.25, -0.2) is 0 Å². The van der Waals surface area contributed by atoms with Gasteiger partial charge >= 0.3 is 0 Å². The van der Waals surface area contributed by atoms with E-state index in [1.54, 1.807) is 0 Å². The van der Waals surface area contributed by atoms with E-state index in [-0.39, 0.29) is 11.3 Å². The molecule has 1 aromatic carbocycles. The number of nitrogens with two attached hydrogens (primary N) is 1. The Labute approximate surface area is 142 Å². The predicted molar refractivity (Wildman–Crippen MR) is 94.8 cm³/mol. The zero-order valence-corrected chi connectivity index (χ0v) is 14.8. The minimum Gasteiger partial charge on any atom is -0.355 e. The molecule has 0 atom stereocenters. The van der Waals surface area contributed by atoms with Crippen LogP contribution in [0.2, 0.25) is 0 Å². The highest BCUT2D eigenvalue weighted by Crippen LogP contribution is 2.43. The number of halogens is 1. The number of carbonyl (C=O) groups is 1. The van der Waals surface area contributed by atoms with Gasteiger partial charge in [0, 0.05) is 22.9 Å². The molecule has 0 saturated heterocycles. The molecule has 0 bridgehead atoms. The normalized spacial score (nSPS) is 16.1. The largest absolute Gasteiger partial charge is 0.355 e. The number of nitrogens with one attached hydrogen (secondary N) is 1. The second-order valence-corrected chi connectivity index (χ2v) is 7.29. The average Bonchev–Trinajstić information content (AvgIpc) is 2.46. The first kappa shape index (κ1) is 17.5. The van der Waals surface area contributed by atoms with E-state index in [1.807, 2.05) is 0 Å². The second-order valence-electron chi connectivity index (χ2n) is 6.37. The van der Waals surface area contributed by atoms with E-state index in [0.29, 0.717) is 6.42 Å². The van der Waals surface area contributed by atoms with Crippen LogP contribution in [-0.2, 0) is 10.2 Å². The number of rotatable bonds is 9. The molecule has 22 heavy (non-hydrogen) atoms. The molecule has 1 aliphatic carbocycles. The first-order valence-corrected chi connectivity index (χ1v) is 9.18. The van der Waals surface area contributed by atoms with E-state index in [1.165, 1.54) is 24.8 Å². The lowest BCUT2D eigenvalue weighted by Gasteiger charge is -2.42. The number of unbranched alkanes of at least 4 members (excludes halogenated alkanes) is 3. The fourth-order valence-corrected chi connectivity index (χ4v) is 3.53. The molecule has 3 N–H and O–H groups in total. The molecular formula is C18H27BrN2O. The zero-order valence-electron chi connectivity index (χ0n) is 13.2. The smallest absolute Gasteiger partial charge is 0.220 e. The van der Waals surface area contributed by atoms with Crippen molar-refractivity contribution in [2.24, 2.45) is 5.73 Å². The van der Waals surface area contributed by atoms with Crippen molar-refractivity contribution < 1.29 is 4.79 Å². The van der Waals surface area contributed by atoms with E-state index >= 15 is 0 Å². The molecular weight excluding hydrogens is 340 g/mol. The topological polar surface area (TPSA) is 55.1 Å². The maximum absolute atomic E-state index is 12.0. The van der Waals surface area contributed by atoms with E-state index in [9.17, 15) is 4.79 Å². The highest BCUT2D eigenvalue weighted by Gasteiger charge is 2.38. The summed E-state index contributed by atoms with van der Waals surface area (Å²) in [6.07, 6.45) is 8.48.